The fourth-order valence-corrected chi connectivity index (χ4v) is 2.36. The molecule has 0 saturated carbocycles. The minimum atomic E-state index is -0.777. The van der Waals surface area contributed by atoms with Gasteiger partial charge in [-0.1, -0.05) is 12.1 Å². The Balaban J connectivity index is 1.81. The van der Waals surface area contributed by atoms with Crippen LogP contribution in [0.2, 0.25) is 0 Å². The Bertz CT molecular complexity index is 725. The SMILES string of the molecule is CC(=O)N1CC(C(=O)Nc2ccn(C)n2)Oc2ccccc21. The first-order valence-electron chi connectivity index (χ1n) is 6.89. The van der Waals surface area contributed by atoms with Crippen LogP contribution in [0.3, 0.4) is 0 Å². The molecule has 0 spiro atoms. The lowest BCUT2D eigenvalue weighted by Gasteiger charge is -2.33. The zero-order valence-corrected chi connectivity index (χ0v) is 12.3. The highest BCUT2D eigenvalue weighted by atomic mass is 16.5. The standard InChI is InChI=1S/C15H16N4O3/c1-10(20)19-9-13(22-12-6-4-3-5-11(12)19)15(21)16-14-7-8-18(2)17-14/h3-8,13H,9H2,1-2H3,(H,16,17,21). The van der Waals surface area contributed by atoms with E-state index in [0.29, 0.717) is 17.3 Å². The Morgan fingerprint density at radius 1 is 1.32 bits per heavy atom. The summed E-state index contributed by atoms with van der Waals surface area (Å²) < 4.78 is 7.30. The molecule has 0 saturated heterocycles. The van der Waals surface area contributed by atoms with Crippen molar-refractivity contribution in [2.75, 3.05) is 16.8 Å². The topological polar surface area (TPSA) is 76.5 Å². The largest absolute Gasteiger partial charge is 0.476 e. The number of fused-ring (bicyclic) bond motifs is 1. The van der Waals surface area contributed by atoms with Gasteiger partial charge in [-0.05, 0) is 12.1 Å². The summed E-state index contributed by atoms with van der Waals surface area (Å²) in [5.41, 5.74) is 0.678. The van der Waals surface area contributed by atoms with Crippen LogP contribution in [0.5, 0.6) is 5.75 Å². The monoisotopic (exact) mass is 300 g/mol. The maximum atomic E-state index is 12.3. The maximum absolute atomic E-state index is 12.3. The summed E-state index contributed by atoms with van der Waals surface area (Å²) in [5.74, 6) is 0.500. The third-order valence-electron chi connectivity index (χ3n) is 3.41. The molecular weight excluding hydrogens is 284 g/mol. The third kappa shape index (κ3) is 2.65. The van der Waals surface area contributed by atoms with E-state index in [1.165, 1.54) is 6.92 Å². The molecule has 1 unspecified atom stereocenters. The molecular formula is C15H16N4O3. The number of aryl methyl sites for hydroxylation is 1. The van der Waals surface area contributed by atoms with Crippen molar-refractivity contribution in [3.05, 3.63) is 36.5 Å². The van der Waals surface area contributed by atoms with Crippen LogP contribution in [-0.4, -0.2) is 34.2 Å². The van der Waals surface area contributed by atoms with Crippen molar-refractivity contribution in [3.63, 3.8) is 0 Å². The number of hydrogen-bond acceptors (Lipinski definition) is 4. The molecule has 1 aromatic heterocycles. The molecule has 0 bridgehead atoms. The number of rotatable bonds is 2. The van der Waals surface area contributed by atoms with Gasteiger partial charge in [-0.15, -0.1) is 0 Å². The Hall–Kier alpha value is -2.83. The first-order chi connectivity index (χ1) is 10.5. The maximum Gasteiger partial charge on any atom is 0.268 e. The highest BCUT2D eigenvalue weighted by Crippen LogP contribution is 2.33. The van der Waals surface area contributed by atoms with Gasteiger partial charge in [0.25, 0.3) is 5.91 Å². The lowest BCUT2D eigenvalue weighted by molar-refractivity contribution is -0.123. The molecule has 2 aromatic rings. The molecule has 3 rings (SSSR count). The molecule has 7 heteroatoms. The molecule has 0 fully saturated rings. The molecule has 0 radical (unpaired) electrons. The predicted octanol–water partition coefficient (Wildman–Crippen LogP) is 1.17. The van der Waals surface area contributed by atoms with E-state index in [1.54, 1.807) is 47.1 Å². The molecule has 0 aliphatic carbocycles. The zero-order chi connectivity index (χ0) is 15.7. The van der Waals surface area contributed by atoms with E-state index < -0.39 is 6.10 Å². The summed E-state index contributed by atoms with van der Waals surface area (Å²) in [6.07, 6.45) is 0.954. The number of nitrogens with one attached hydrogen (secondary N) is 1. The first kappa shape index (κ1) is 14.1. The van der Waals surface area contributed by atoms with Gasteiger partial charge in [0, 0.05) is 26.2 Å². The van der Waals surface area contributed by atoms with E-state index in [0.717, 1.165) is 0 Å². The average Bonchev–Trinajstić information content (AvgIpc) is 2.91. The molecule has 2 amide bonds. The van der Waals surface area contributed by atoms with Crippen LogP contribution < -0.4 is 15.0 Å². The predicted molar refractivity (Wildman–Crippen MR) is 80.7 cm³/mol. The van der Waals surface area contributed by atoms with Gasteiger partial charge in [-0.25, -0.2) is 0 Å². The van der Waals surface area contributed by atoms with Crippen LogP contribution in [0.1, 0.15) is 6.92 Å². The highest BCUT2D eigenvalue weighted by molar-refractivity contribution is 5.99. The third-order valence-corrected chi connectivity index (χ3v) is 3.41. The van der Waals surface area contributed by atoms with Gasteiger partial charge in [0.2, 0.25) is 5.91 Å². The van der Waals surface area contributed by atoms with E-state index >= 15 is 0 Å². The Kier molecular flexibility index (Phi) is 3.54. The Morgan fingerprint density at radius 2 is 2.09 bits per heavy atom. The molecule has 22 heavy (non-hydrogen) atoms. The lowest BCUT2D eigenvalue weighted by Crippen LogP contribution is -2.48. The van der Waals surface area contributed by atoms with Crippen LogP contribution in [0.15, 0.2) is 36.5 Å². The fourth-order valence-electron chi connectivity index (χ4n) is 2.36. The summed E-state index contributed by atoms with van der Waals surface area (Å²) in [6.45, 7) is 1.64. The normalized spacial score (nSPS) is 16.6. The molecule has 1 atom stereocenters. The number of ether oxygens (including phenoxy) is 1. The quantitative estimate of drug-likeness (QED) is 0.903. The van der Waals surface area contributed by atoms with Crippen molar-refractivity contribution in [1.29, 1.82) is 0 Å². The van der Waals surface area contributed by atoms with Gasteiger partial charge in [-0.3, -0.25) is 14.3 Å². The minimum Gasteiger partial charge on any atom is -0.476 e. The minimum absolute atomic E-state index is 0.133. The molecule has 1 aliphatic heterocycles. The van der Waals surface area contributed by atoms with Crippen LogP contribution in [0, 0.1) is 0 Å². The van der Waals surface area contributed by atoms with Gasteiger partial charge in [0.1, 0.15) is 5.75 Å². The average molecular weight is 300 g/mol. The van der Waals surface area contributed by atoms with Crippen molar-refractivity contribution in [2.24, 2.45) is 7.05 Å². The summed E-state index contributed by atoms with van der Waals surface area (Å²) in [7, 11) is 1.76. The molecule has 1 aromatic carbocycles. The van der Waals surface area contributed by atoms with Crippen LogP contribution in [0.25, 0.3) is 0 Å². The fraction of sp³-hybridized carbons (Fsp3) is 0.267. The van der Waals surface area contributed by atoms with Gasteiger partial charge in [-0.2, -0.15) is 5.10 Å². The van der Waals surface area contributed by atoms with Gasteiger partial charge in [0.05, 0.1) is 12.2 Å². The first-order valence-corrected chi connectivity index (χ1v) is 6.89. The van der Waals surface area contributed by atoms with Crippen LogP contribution >= 0.6 is 0 Å². The second kappa shape index (κ2) is 5.51. The number of nitrogens with zero attached hydrogens (tertiary/aromatic N) is 3. The van der Waals surface area contributed by atoms with Crippen LogP contribution in [-0.2, 0) is 16.6 Å². The van der Waals surface area contributed by atoms with Gasteiger partial charge < -0.3 is 15.0 Å². The van der Waals surface area contributed by atoms with Crippen molar-refractivity contribution < 1.29 is 14.3 Å². The molecule has 7 nitrogen and oxygen atoms in total. The number of hydrogen-bond donors (Lipinski definition) is 1. The number of carbonyl (C=O) groups excluding carboxylic acids is 2. The summed E-state index contributed by atoms with van der Waals surface area (Å²) >= 11 is 0. The molecule has 114 valence electrons. The zero-order valence-electron chi connectivity index (χ0n) is 12.3. The summed E-state index contributed by atoms with van der Waals surface area (Å²) in [5, 5.41) is 6.78. The van der Waals surface area contributed by atoms with E-state index in [4.69, 9.17) is 4.74 Å². The number of benzene rings is 1. The van der Waals surface area contributed by atoms with Gasteiger partial charge in [0.15, 0.2) is 11.9 Å². The van der Waals surface area contributed by atoms with Crippen LogP contribution in [0.4, 0.5) is 11.5 Å². The number of aromatic nitrogens is 2. The van der Waals surface area contributed by atoms with E-state index in [-0.39, 0.29) is 18.4 Å². The van der Waals surface area contributed by atoms with Gasteiger partial charge >= 0.3 is 0 Å². The number of amides is 2. The second-order valence-electron chi connectivity index (χ2n) is 5.07. The van der Waals surface area contributed by atoms with Crippen molar-refractivity contribution in [1.82, 2.24) is 9.78 Å². The second-order valence-corrected chi connectivity index (χ2v) is 5.07. The summed E-state index contributed by atoms with van der Waals surface area (Å²) in [4.78, 5) is 25.7. The lowest BCUT2D eigenvalue weighted by atomic mass is 10.1. The Morgan fingerprint density at radius 3 is 2.77 bits per heavy atom. The number of anilines is 2. The van der Waals surface area contributed by atoms with E-state index in [9.17, 15) is 9.59 Å². The number of carbonyl (C=O) groups is 2. The smallest absolute Gasteiger partial charge is 0.268 e. The van der Waals surface area contributed by atoms with E-state index in [1.807, 2.05) is 6.07 Å². The highest BCUT2D eigenvalue weighted by Gasteiger charge is 2.32. The van der Waals surface area contributed by atoms with Crippen molar-refractivity contribution >= 4 is 23.3 Å². The molecule has 1 N–H and O–H groups in total. The molecule has 2 heterocycles. The number of para-hydroxylation sites is 2. The summed E-state index contributed by atoms with van der Waals surface area (Å²) in [6, 6.07) is 8.86. The Labute approximate surface area is 127 Å². The van der Waals surface area contributed by atoms with Crippen molar-refractivity contribution in [2.45, 2.75) is 13.0 Å². The van der Waals surface area contributed by atoms with E-state index in [2.05, 4.69) is 10.4 Å². The molecule has 1 aliphatic rings. The van der Waals surface area contributed by atoms with Crippen molar-refractivity contribution in [3.8, 4) is 5.75 Å².